The quantitative estimate of drug-likeness (QED) is 0.511. The van der Waals surface area contributed by atoms with Crippen LogP contribution in [0.1, 0.15) is 25.8 Å². The van der Waals surface area contributed by atoms with Crippen molar-refractivity contribution in [3.05, 3.63) is 68.9 Å². The predicted octanol–water partition coefficient (Wildman–Crippen LogP) is 4.41. The van der Waals surface area contributed by atoms with Crippen molar-refractivity contribution in [2.45, 2.75) is 26.8 Å². The van der Waals surface area contributed by atoms with Crippen molar-refractivity contribution in [3.8, 4) is 0 Å². The fraction of sp³-hybridized carbons (Fsp3) is 0.211. The maximum Gasteiger partial charge on any atom is 0.262 e. The lowest BCUT2D eigenvalue weighted by Crippen LogP contribution is -2.23. The molecule has 0 spiro atoms. The molecule has 1 aromatic heterocycles. The first kappa shape index (κ1) is 17.4. The molecule has 0 aliphatic rings. The molecule has 0 radical (unpaired) electrons. The zero-order valence-corrected chi connectivity index (χ0v) is 15.7. The van der Waals surface area contributed by atoms with E-state index in [0.29, 0.717) is 23.4 Å². The summed E-state index contributed by atoms with van der Waals surface area (Å²) >= 11 is 3.48. The Labute approximate surface area is 154 Å². The van der Waals surface area contributed by atoms with Gasteiger partial charge in [0.25, 0.3) is 5.56 Å². The van der Waals surface area contributed by atoms with E-state index in [9.17, 15) is 4.79 Å². The zero-order valence-electron chi connectivity index (χ0n) is 14.2. The van der Waals surface area contributed by atoms with E-state index >= 15 is 0 Å². The monoisotopic (exact) mass is 398 g/mol. The third-order valence-electron chi connectivity index (χ3n) is 3.96. The molecule has 0 aliphatic carbocycles. The van der Waals surface area contributed by atoms with E-state index in [1.807, 2.05) is 56.3 Å². The normalized spacial score (nSPS) is 11.7. The summed E-state index contributed by atoms with van der Waals surface area (Å²) < 4.78 is 2.60. The summed E-state index contributed by atoms with van der Waals surface area (Å²) in [7, 11) is 0. The Bertz CT molecular complexity index is 994. The highest BCUT2D eigenvalue weighted by Crippen LogP contribution is 2.15. The van der Waals surface area contributed by atoms with Crippen molar-refractivity contribution in [3.63, 3.8) is 0 Å². The second-order valence-electron chi connectivity index (χ2n) is 5.54. The number of rotatable bonds is 5. The standard InChI is InChI=1S/C19H19BrN4O/c1-3-16(13-8-7-9-14(20)12-13)22-23-19-21-17-11-6-5-10-15(17)18(25)24(19)4-2/h5-12H,3-4H2,1-2H3,(H,21,23)/b22-16-. The van der Waals surface area contributed by atoms with E-state index < -0.39 is 0 Å². The van der Waals surface area contributed by atoms with Crippen LogP contribution in [0.3, 0.4) is 0 Å². The highest BCUT2D eigenvalue weighted by molar-refractivity contribution is 9.10. The first-order chi connectivity index (χ1) is 12.1. The van der Waals surface area contributed by atoms with Crippen molar-refractivity contribution in [1.82, 2.24) is 9.55 Å². The van der Waals surface area contributed by atoms with Crippen molar-refractivity contribution < 1.29 is 0 Å². The minimum Gasteiger partial charge on any atom is -0.277 e. The number of benzene rings is 2. The molecule has 0 fully saturated rings. The molecule has 6 heteroatoms. The number of halogens is 1. The second-order valence-corrected chi connectivity index (χ2v) is 6.45. The molecule has 0 bridgehead atoms. The van der Waals surface area contributed by atoms with Gasteiger partial charge in [0.15, 0.2) is 0 Å². The summed E-state index contributed by atoms with van der Waals surface area (Å²) in [4.78, 5) is 17.2. The number of hydrogen-bond donors (Lipinski definition) is 1. The Morgan fingerprint density at radius 1 is 1.20 bits per heavy atom. The van der Waals surface area contributed by atoms with Crippen LogP contribution in [-0.4, -0.2) is 15.3 Å². The Hall–Kier alpha value is -2.47. The lowest BCUT2D eigenvalue weighted by atomic mass is 10.1. The molecule has 0 atom stereocenters. The fourth-order valence-corrected chi connectivity index (χ4v) is 3.08. The van der Waals surface area contributed by atoms with Crippen LogP contribution >= 0.6 is 15.9 Å². The number of aromatic nitrogens is 2. The molecule has 3 aromatic rings. The highest BCUT2D eigenvalue weighted by Gasteiger charge is 2.09. The maximum absolute atomic E-state index is 12.6. The Balaban J connectivity index is 2.03. The molecule has 0 unspecified atom stereocenters. The molecule has 3 rings (SSSR count). The number of anilines is 1. The molecule has 2 aromatic carbocycles. The molecule has 0 saturated carbocycles. The minimum atomic E-state index is -0.0636. The summed E-state index contributed by atoms with van der Waals surface area (Å²) in [6.07, 6.45) is 0.757. The van der Waals surface area contributed by atoms with E-state index in [4.69, 9.17) is 0 Å². The van der Waals surface area contributed by atoms with Crippen LogP contribution in [0.2, 0.25) is 0 Å². The van der Waals surface area contributed by atoms with Crippen molar-refractivity contribution in [1.29, 1.82) is 0 Å². The van der Waals surface area contributed by atoms with Gasteiger partial charge in [-0.05, 0) is 43.2 Å². The molecule has 25 heavy (non-hydrogen) atoms. The van der Waals surface area contributed by atoms with Crippen LogP contribution in [-0.2, 0) is 6.54 Å². The van der Waals surface area contributed by atoms with E-state index in [-0.39, 0.29) is 5.56 Å². The SMILES string of the molecule is CC/C(=N/Nc1nc2ccccc2c(=O)n1CC)c1cccc(Br)c1. The molecule has 128 valence electrons. The van der Waals surface area contributed by atoms with Crippen LogP contribution < -0.4 is 11.0 Å². The fourth-order valence-electron chi connectivity index (χ4n) is 2.68. The average Bonchev–Trinajstić information content (AvgIpc) is 2.62. The topological polar surface area (TPSA) is 59.3 Å². The van der Waals surface area contributed by atoms with Crippen LogP contribution in [0.5, 0.6) is 0 Å². The summed E-state index contributed by atoms with van der Waals surface area (Å²) in [5.41, 5.74) is 5.51. The molecule has 0 amide bonds. The number of nitrogens with zero attached hydrogens (tertiary/aromatic N) is 3. The first-order valence-electron chi connectivity index (χ1n) is 8.22. The first-order valence-corrected chi connectivity index (χ1v) is 9.01. The third kappa shape index (κ3) is 3.64. The Morgan fingerprint density at radius 2 is 2.00 bits per heavy atom. The highest BCUT2D eigenvalue weighted by atomic mass is 79.9. The third-order valence-corrected chi connectivity index (χ3v) is 4.45. The predicted molar refractivity (Wildman–Crippen MR) is 106 cm³/mol. The molecule has 1 N–H and O–H groups in total. The van der Waals surface area contributed by atoms with Gasteiger partial charge in [-0.25, -0.2) is 10.4 Å². The van der Waals surface area contributed by atoms with Gasteiger partial charge >= 0.3 is 0 Å². The molecule has 0 saturated heterocycles. The summed E-state index contributed by atoms with van der Waals surface area (Å²) in [5.74, 6) is 0.451. The number of hydrazone groups is 1. The van der Waals surface area contributed by atoms with Crippen LogP contribution in [0.4, 0.5) is 5.95 Å². The smallest absolute Gasteiger partial charge is 0.262 e. The van der Waals surface area contributed by atoms with Gasteiger partial charge in [0, 0.05) is 11.0 Å². The largest absolute Gasteiger partial charge is 0.277 e. The van der Waals surface area contributed by atoms with Crippen LogP contribution in [0.15, 0.2) is 62.9 Å². The van der Waals surface area contributed by atoms with Gasteiger partial charge in [-0.15, -0.1) is 0 Å². The molecule has 0 aliphatic heterocycles. The van der Waals surface area contributed by atoms with E-state index in [1.165, 1.54) is 0 Å². The minimum absolute atomic E-state index is 0.0636. The Kier molecular flexibility index (Phi) is 5.28. The zero-order chi connectivity index (χ0) is 17.8. The lowest BCUT2D eigenvalue weighted by Gasteiger charge is -2.12. The van der Waals surface area contributed by atoms with Gasteiger partial charge in [-0.1, -0.05) is 47.1 Å². The summed E-state index contributed by atoms with van der Waals surface area (Å²) in [6, 6.07) is 15.3. The van der Waals surface area contributed by atoms with Crippen molar-refractivity contribution in [2.75, 3.05) is 5.43 Å². The summed E-state index contributed by atoms with van der Waals surface area (Å²) in [6.45, 7) is 4.48. The van der Waals surface area contributed by atoms with E-state index in [0.717, 1.165) is 22.2 Å². The number of nitrogens with one attached hydrogen (secondary N) is 1. The van der Waals surface area contributed by atoms with Gasteiger partial charge in [-0.3, -0.25) is 9.36 Å². The van der Waals surface area contributed by atoms with Crippen molar-refractivity contribution >= 4 is 38.5 Å². The molecular weight excluding hydrogens is 380 g/mol. The molecular formula is C19H19BrN4O. The van der Waals surface area contributed by atoms with E-state index in [2.05, 4.69) is 31.4 Å². The number of hydrogen-bond acceptors (Lipinski definition) is 4. The number of fused-ring (bicyclic) bond motifs is 1. The number of para-hydroxylation sites is 1. The van der Waals surface area contributed by atoms with Crippen LogP contribution in [0.25, 0.3) is 10.9 Å². The van der Waals surface area contributed by atoms with Gasteiger partial charge in [-0.2, -0.15) is 5.10 Å². The van der Waals surface area contributed by atoms with Gasteiger partial charge in [0.05, 0.1) is 16.6 Å². The molecule has 1 heterocycles. The van der Waals surface area contributed by atoms with E-state index in [1.54, 1.807) is 10.6 Å². The van der Waals surface area contributed by atoms with Gasteiger partial charge < -0.3 is 0 Å². The second kappa shape index (κ2) is 7.61. The van der Waals surface area contributed by atoms with Gasteiger partial charge in [0.1, 0.15) is 0 Å². The molecule has 5 nitrogen and oxygen atoms in total. The Morgan fingerprint density at radius 3 is 2.72 bits per heavy atom. The maximum atomic E-state index is 12.6. The van der Waals surface area contributed by atoms with Crippen LogP contribution in [0, 0.1) is 0 Å². The average molecular weight is 399 g/mol. The van der Waals surface area contributed by atoms with Gasteiger partial charge in [0.2, 0.25) is 5.95 Å². The van der Waals surface area contributed by atoms with Crippen molar-refractivity contribution in [2.24, 2.45) is 5.10 Å². The lowest BCUT2D eigenvalue weighted by molar-refractivity contribution is 0.724. The summed E-state index contributed by atoms with van der Waals surface area (Å²) in [5, 5.41) is 5.12.